The molecule has 28 heavy (non-hydrogen) atoms. The van der Waals surface area contributed by atoms with Gasteiger partial charge in [0.2, 0.25) is 11.9 Å². The Morgan fingerprint density at radius 1 is 1.00 bits per heavy atom. The predicted molar refractivity (Wildman–Crippen MR) is 111 cm³/mol. The lowest BCUT2D eigenvalue weighted by atomic mass is 9.87. The number of hydrogen-bond acceptors (Lipinski definition) is 7. The van der Waals surface area contributed by atoms with Gasteiger partial charge >= 0.3 is 0 Å². The number of nitrogens with zero attached hydrogens (tertiary/aromatic N) is 4. The predicted octanol–water partition coefficient (Wildman–Crippen LogP) is 2.81. The maximum absolute atomic E-state index is 6.35. The number of ether oxygens (including phenoxy) is 1. The Labute approximate surface area is 165 Å². The minimum atomic E-state index is -0.478. The van der Waals surface area contributed by atoms with Crippen LogP contribution in [-0.4, -0.2) is 29.2 Å². The lowest BCUT2D eigenvalue weighted by Gasteiger charge is -2.45. The van der Waals surface area contributed by atoms with Gasteiger partial charge in [-0.05, 0) is 49.9 Å². The van der Waals surface area contributed by atoms with E-state index in [-0.39, 0.29) is 5.96 Å². The molecular weight excluding hydrogens is 352 g/mol. The molecule has 7 heteroatoms. The molecule has 1 spiro atoms. The van der Waals surface area contributed by atoms with Crippen molar-refractivity contribution in [2.75, 3.05) is 11.5 Å². The van der Waals surface area contributed by atoms with Gasteiger partial charge in [0, 0.05) is 18.3 Å². The third kappa shape index (κ3) is 3.65. The fraction of sp³-hybridized carbons (Fsp3) is 0.381. The topological polar surface area (TPSA) is 102 Å². The molecule has 7 nitrogen and oxygen atoms in total. The molecule has 1 aliphatic heterocycles. The summed E-state index contributed by atoms with van der Waals surface area (Å²) in [7, 11) is 0. The number of para-hydroxylation sites is 2. The van der Waals surface area contributed by atoms with Gasteiger partial charge in [-0.1, -0.05) is 24.6 Å². The largest absolute Gasteiger partial charge is 0.491 e. The summed E-state index contributed by atoms with van der Waals surface area (Å²) in [5.74, 6) is 1.39. The van der Waals surface area contributed by atoms with Crippen LogP contribution in [0.15, 0.2) is 58.6 Å². The highest BCUT2D eigenvalue weighted by molar-refractivity contribution is 6.06. The van der Waals surface area contributed by atoms with Crippen molar-refractivity contribution in [1.29, 1.82) is 0 Å². The summed E-state index contributed by atoms with van der Waals surface area (Å²) in [4.78, 5) is 15.3. The first kappa shape index (κ1) is 18.3. The quantitative estimate of drug-likeness (QED) is 0.833. The molecule has 1 aliphatic carbocycles. The Hall–Kier alpha value is -3.09. The standard InChI is InChI=1S/C21H26N6O/c22-19-25-20(23)27(21(26-19)12-5-1-6-13-21)17-9-2-3-10-18(17)28-15-11-16-8-4-7-14-24-16/h2-4,7-10,14H,1,5-6,11-13,15H2,(H4,22,23,25,26). The van der Waals surface area contributed by atoms with E-state index >= 15 is 0 Å². The molecule has 0 saturated heterocycles. The lowest BCUT2D eigenvalue weighted by Crippen LogP contribution is -2.58. The molecule has 1 aromatic heterocycles. The molecule has 0 atom stereocenters. The summed E-state index contributed by atoms with van der Waals surface area (Å²) >= 11 is 0. The van der Waals surface area contributed by atoms with E-state index in [1.165, 1.54) is 6.42 Å². The van der Waals surface area contributed by atoms with Crippen LogP contribution in [0, 0.1) is 0 Å². The van der Waals surface area contributed by atoms with Crippen LogP contribution in [0.1, 0.15) is 37.8 Å². The van der Waals surface area contributed by atoms with Crippen LogP contribution in [0.4, 0.5) is 5.69 Å². The third-order valence-electron chi connectivity index (χ3n) is 5.30. The normalized spacial score (nSPS) is 18.5. The van der Waals surface area contributed by atoms with Gasteiger partial charge in [0.25, 0.3) is 0 Å². The van der Waals surface area contributed by atoms with Crippen molar-refractivity contribution in [3.63, 3.8) is 0 Å². The number of rotatable bonds is 5. The lowest BCUT2D eigenvalue weighted by molar-refractivity contribution is 0.295. The molecule has 1 fully saturated rings. The number of benzene rings is 1. The monoisotopic (exact) mass is 378 g/mol. The van der Waals surface area contributed by atoms with Gasteiger partial charge in [-0.2, -0.15) is 4.99 Å². The second-order valence-corrected chi connectivity index (χ2v) is 7.21. The zero-order chi connectivity index (χ0) is 19.4. The number of pyridine rings is 1. The van der Waals surface area contributed by atoms with E-state index in [0.717, 1.165) is 49.2 Å². The molecule has 1 saturated carbocycles. The van der Waals surface area contributed by atoms with Crippen molar-refractivity contribution in [2.24, 2.45) is 21.5 Å². The zero-order valence-electron chi connectivity index (χ0n) is 15.9. The van der Waals surface area contributed by atoms with Crippen molar-refractivity contribution < 1.29 is 4.74 Å². The minimum absolute atomic E-state index is 0.254. The Kier molecular flexibility index (Phi) is 5.14. The Balaban J connectivity index is 1.60. The molecule has 0 amide bonds. The van der Waals surface area contributed by atoms with Gasteiger partial charge in [-0.15, -0.1) is 0 Å². The summed E-state index contributed by atoms with van der Waals surface area (Å²) in [5, 5.41) is 0. The summed E-state index contributed by atoms with van der Waals surface area (Å²) in [5.41, 5.74) is 13.7. The molecule has 0 unspecified atom stereocenters. The molecule has 4 N–H and O–H groups in total. The Bertz CT molecular complexity index is 873. The van der Waals surface area contributed by atoms with Crippen molar-refractivity contribution >= 4 is 17.6 Å². The number of anilines is 1. The molecule has 2 aromatic rings. The highest BCUT2D eigenvalue weighted by Crippen LogP contribution is 2.42. The molecular formula is C21H26N6O. The molecule has 4 rings (SSSR count). The second-order valence-electron chi connectivity index (χ2n) is 7.21. The minimum Gasteiger partial charge on any atom is -0.491 e. The second kappa shape index (κ2) is 7.88. The first-order valence-corrected chi connectivity index (χ1v) is 9.79. The van der Waals surface area contributed by atoms with Crippen LogP contribution in [0.5, 0.6) is 5.75 Å². The maximum Gasteiger partial charge on any atom is 0.220 e. The van der Waals surface area contributed by atoms with Gasteiger partial charge in [-0.25, -0.2) is 4.99 Å². The zero-order valence-corrected chi connectivity index (χ0v) is 15.9. The first-order valence-electron chi connectivity index (χ1n) is 9.79. The van der Waals surface area contributed by atoms with Crippen LogP contribution < -0.4 is 21.1 Å². The van der Waals surface area contributed by atoms with Gasteiger partial charge in [0.15, 0.2) is 0 Å². The number of guanidine groups is 2. The summed E-state index contributed by atoms with van der Waals surface area (Å²) in [6.45, 7) is 0.525. The van der Waals surface area contributed by atoms with E-state index in [0.29, 0.717) is 12.6 Å². The Morgan fingerprint density at radius 3 is 2.57 bits per heavy atom. The van der Waals surface area contributed by atoms with Crippen LogP contribution >= 0.6 is 0 Å². The van der Waals surface area contributed by atoms with E-state index in [1.54, 1.807) is 6.20 Å². The fourth-order valence-electron chi connectivity index (χ4n) is 4.05. The number of aromatic nitrogens is 1. The van der Waals surface area contributed by atoms with Gasteiger partial charge < -0.3 is 16.2 Å². The van der Waals surface area contributed by atoms with Crippen molar-refractivity contribution in [3.05, 3.63) is 54.4 Å². The third-order valence-corrected chi connectivity index (χ3v) is 5.30. The molecule has 0 bridgehead atoms. The highest BCUT2D eigenvalue weighted by atomic mass is 16.5. The van der Waals surface area contributed by atoms with Crippen molar-refractivity contribution in [3.8, 4) is 5.75 Å². The van der Waals surface area contributed by atoms with Gasteiger partial charge in [-0.3, -0.25) is 9.88 Å². The Morgan fingerprint density at radius 2 is 1.79 bits per heavy atom. The SMILES string of the molecule is NC1=NC2(CCCCC2)N(c2ccccc2OCCc2ccccn2)C(N)=N1. The first-order chi connectivity index (χ1) is 13.7. The van der Waals surface area contributed by atoms with E-state index < -0.39 is 5.66 Å². The molecule has 1 aromatic carbocycles. The van der Waals surface area contributed by atoms with Crippen molar-refractivity contribution in [1.82, 2.24) is 4.98 Å². The molecule has 146 valence electrons. The summed E-state index contributed by atoms with van der Waals surface area (Å²) in [6, 6.07) is 13.8. The van der Waals surface area contributed by atoms with Crippen LogP contribution in [-0.2, 0) is 6.42 Å². The van der Waals surface area contributed by atoms with E-state index in [1.807, 2.05) is 47.4 Å². The molecule has 2 aliphatic rings. The summed E-state index contributed by atoms with van der Waals surface area (Å²) in [6.07, 6.45) is 7.69. The summed E-state index contributed by atoms with van der Waals surface area (Å²) < 4.78 is 6.13. The van der Waals surface area contributed by atoms with Gasteiger partial charge in [0.05, 0.1) is 12.3 Å². The van der Waals surface area contributed by atoms with E-state index in [4.69, 9.17) is 21.2 Å². The molecule has 2 heterocycles. The molecule has 0 radical (unpaired) electrons. The highest BCUT2D eigenvalue weighted by Gasteiger charge is 2.43. The number of aliphatic imine (C=N–C) groups is 2. The van der Waals surface area contributed by atoms with Crippen LogP contribution in [0.2, 0.25) is 0 Å². The maximum atomic E-state index is 6.35. The van der Waals surface area contributed by atoms with Gasteiger partial charge in [0.1, 0.15) is 11.4 Å². The van der Waals surface area contributed by atoms with Crippen LogP contribution in [0.3, 0.4) is 0 Å². The van der Waals surface area contributed by atoms with Crippen molar-refractivity contribution in [2.45, 2.75) is 44.2 Å². The van der Waals surface area contributed by atoms with Crippen LogP contribution in [0.25, 0.3) is 0 Å². The van der Waals surface area contributed by atoms with E-state index in [2.05, 4.69) is 9.98 Å². The smallest absolute Gasteiger partial charge is 0.220 e. The average Bonchev–Trinajstić information content (AvgIpc) is 2.70. The number of hydrogen-bond donors (Lipinski definition) is 2. The number of nitrogens with two attached hydrogens (primary N) is 2. The fourth-order valence-corrected chi connectivity index (χ4v) is 4.05. The average molecular weight is 378 g/mol. The van der Waals surface area contributed by atoms with E-state index in [9.17, 15) is 0 Å².